The topological polar surface area (TPSA) is 18.0 Å². The molecular formula is C56H38N4. The van der Waals surface area contributed by atoms with Crippen molar-refractivity contribution in [1.29, 1.82) is 0 Å². The first-order valence-electron chi connectivity index (χ1n) is 20.5. The molecule has 0 aliphatic heterocycles. The molecule has 3 heterocycles. The van der Waals surface area contributed by atoms with E-state index in [1.165, 1.54) is 65.6 Å². The molecule has 0 aliphatic rings. The van der Waals surface area contributed by atoms with Crippen molar-refractivity contribution in [3.63, 3.8) is 0 Å². The molecule has 4 nitrogen and oxygen atoms in total. The lowest BCUT2D eigenvalue weighted by atomic mass is 10.1. The maximum atomic E-state index is 2.46. The normalized spacial score (nSPS) is 11.7. The van der Waals surface area contributed by atoms with E-state index in [1.807, 2.05) is 0 Å². The van der Waals surface area contributed by atoms with Gasteiger partial charge < -0.3 is 18.6 Å². The number of hydrogen-bond donors (Lipinski definition) is 0. The zero-order valence-corrected chi connectivity index (χ0v) is 32.7. The van der Waals surface area contributed by atoms with Crippen molar-refractivity contribution in [3.8, 4) is 28.2 Å². The molecule has 0 aliphatic carbocycles. The zero-order chi connectivity index (χ0) is 39.6. The Labute approximate surface area is 347 Å². The highest BCUT2D eigenvalue weighted by Crippen LogP contribution is 2.42. The first kappa shape index (κ1) is 34.0. The van der Waals surface area contributed by atoms with Gasteiger partial charge in [-0.05, 0) is 108 Å². The third kappa shape index (κ3) is 5.39. The molecule has 0 fully saturated rings. The molecule has 0 amide bonds. The van der Waals surface area contributed by atoms with Crippen molar-refractivity contribution in [3.05, 3.63) is 231 Å². The Morgan fingerprint density at radius 3 is 1.62 bits per heavy atom. The van der Waals surface area contributed by atoms with Crippen LogP contribution in [-0.4, -0.2) is 13.7 Å². The third-order valence-corrected chi connectivity index (χ3v) is 12.0. The van der Waals surface area contributed by atoms with E-state index in [9.17, 15) is 0 Å². The summed E-state index contributed by atoms with van der Waals surface area (Å²) in [5, 5.41) is 6.13. The van der Waals surface area contributed by atoms with E-state index in [4.69, 9.17) is 0 Å². The van der Waals surface area contributed by atoms with E-state index in [2.05, 4.69) is 249 Å². The molecule has 0 saturated heterocycles. The van der Waals surface area contributed by atoms with Crippen molar-refractivity contribution in [1.82, 2.24) is 13.7 Å². The van der Waals surface area contributed by atoms with Crippen LogP contribution in [0, 0.1) is 0 Å². The Morgan fingerprint density at radius 2 is 0.850 bits per heavy atom. The van der Waals surface area contributed by atoms with E-state index in [0.717, 1.165) is 34.1 Å². The molecule has 4 heteroatoms. The van der Waals surface area contributed by atoms with E-state index in [1.54, 1.807) is 0 Å². The van der Waals surface area contributed by atoms with E-state index >= 15 is 0 Å². The monoisotopic (exact) mass is 766 g/mol. The fraction of sp³-hybridized carbons (Fsp3) is 0. The summed E-state index contributed by atoms with van der Waals surface area (Å²) in [4.78, 5) is 2.39. The lowest BCUT2D eigenvalue weighted by molar-refractivity contribution is 1.13. The highest BCUT2D eigenvalue weighted by molar-refractivity contribution is 6.18. The number of anilines is 3. The number of rotatable bonds is 7. The molecule has 0 bridgehead atoms. The number of hydrogen-bond acceptors (Lipinski definition) is 1. The Morgan fingerprint density at radius 1 is 0.283 bits per heavy atom. The summed E-state index contributed by atoms with van der Waals surface area (Å²) in [6.45, 7) is 0. The first-order chi connectivity index (χ1) is 29.8. The van der Waals surface area contributed by atoms with Crippen LogP contribution in [0.3, 0.4) is 0 Å². The van der Waals surface area contributed by atoms with Gasteiger partial charge in [0.15, 0.2) is 0 Å². The zero-order valence-electron chi connectivity index (χ0n) is 32.7. The van der Waals surface area contributed by atoms with Gasteiger partial charge in [-0.2, -0.15) is 0 Å². The number of aromatic nitrogens is 3. The molecule has 0 N–H and O–H groups in total. The minimum atomic E-state index is 1.08. The van der Waals surface area contributed by atoms with Crippen molar-refractivity contribution < 1.29 is 0 Å². The predicted molar refractivity (Wildman–Crippen MR) is 252 cm³/mol. The molecule has 0 unspecified atom stereocenters. The Balaban J connectivity index is 1.03. The molecule has 12 aromatic rings. The van der Waals surface area contributed by atoms with Crippen LogP contribution in [-0.2, 0) is 0 Å². The highest BCUT2D eigenvalue weighted by Gasteiger charge is 2.20. The largest absolute Gasteiger partial charge is 0.316 e. The number of nitrogens with zero attached hydrogens (tertiary/aromatic N) is 4. The summed E-state index contributed by atoms with van der Waals surface area (Å²) in [5.41, 5.74) is 15.0. The lowest BCUT2D eigenvalue weighted by Crippen LogP contribution is -2.10. The molecule has 3 aromatic heterocycles. The summed E-state index contributed by atoms with van der Waals surface area (Å²) < 4.78 is 7.14. The summed E-state index contributed by atoms with van der Waals surface area (Å²) in [6.07, 6.45) is 2.21. The summed E-state index contributed by atoms with van der Waals surface area (Å²) in [7, 11) is 0. The molecular weight excluding hydrogens is 729 g/mol. The number of benzene rings is 9. The Kier molecular flexibility index (Phi) is 7.82. The number of para-hydroxylation sites is 4. The molecule has 60 heavy (non-hydrogen) atoms. The smallest absolute Gasteiger partial charge is 0.0635 e. The molecule has 9 aromatic carbocycles. The fourth-order valence-electron chi connectivity index (χ4n) is 9.37. The van der Waals surface area contributed by atoms with Gasteiger partial charge in [-0.15, -0.1) is 0 Å². The van der Waals surface area contributed by atoms with Crippen LogP contribution in [0.25, 0.3) is 82.7 Å². The minimum absolute atomic E-state index is 1.08. The van der Waals surface area contributed by atoms with Crippen LogP contribution in [0.15, 0.2) is 231 Å². The van der Waals surface area contributed by atoms with Crippen LogP contribution >= 0.6 is 0 Å². The average Bonchev–Trinajstić information content (AvgIpc) is 4.01. The molecule has 12 rings (SSSR count). The van der Waals surface area contributed by atoms with Gasteiger partial charge in [0.25, 0.3) is 0 Å². The maximum Gasteiger partial charge on any atom is 0.0635 e. The summed E-state index contributed by atoms with van der Waals surface area (Å²) in [5.74, 6) is 0. The van der Waals surface area contributed by atoms with Crippen molar-refractivity contribution >= 4 is 71.6 Å². The SMILES string of the molecule is c1ccc(-c2ccc(-n3ccc4c3ccc3c5ccccc5n(-c5cccc(N(c6ccccc6)c6ccc7c(c6)c6ccccc6n7-c6ccccc6)c5)c34)cc2)cc1. The lowest BCUT2D eigenvalue weighted by Gasteiger charge is -2.26. The highest BCUT2D eigenvalue weighted by atomic mass is 15.1. The van der Waals surface area contributed by atoms with Crippen molar-refractivity contribution in [2.75, 3.05) is 4.90 Å². The second-order valence-corrected chi connectivity index (χ2v) is 15.4. The van der Waals surface area contributed by atoms with Crippen LogP contribution < -0.4 is 4.90 Å². The summed E-state index contributed by atoms with van der Waals surface area (Å²) in [6, 6.07) is 81.1. The van der Waals surface area contributed by atoms with Crippen LogP contribution in [0.4, 0.5) is 17.1 Å². The van der Waals surface area contributed by atoms with Crippen LogP contribution in [0.1, 0.15) is 0 Å². The molecule has 0 saturated carbocycles. The quantitative estimate of drug-likeness (QED) is 0.158. The summed E-state index contributed by atoms with van der Waals surface area (Å²) >= 11 is 0. The van der Waals surface area contributed by atoms with E-state index in [0.29, 0.717) is 0 Å². The van der Waals surface area contributed by atoms with Crippen molar-refractivity contribution in [2.45, 2.75) is 0 Å². The van der Waals surface area contributed by atoms with Gasteiger partial charge in [-0.1, -0.05) is 127 Å². The second-order valence-electron chi connectivity index (χ2n) is 15.4. The third-order valence-electron chi connectivity index (χ3n) is 12.0. The van der Waals surface area contributed by atoms with Gasteiger partial charge in [0.05, 0.1) is 27.6 Å². The Bertz CT molecular complexity index is 3520. The fourth-order valence-corrected chi connectivity index (χ4v) is 9.37. The molecule has 0 radical (unpaired) electrons. The minimum Gasteiger partial charge on any atom is -0.316 e. The standard InChI is InChI=1S/C56H38N4/c1-4-15-39(16-5-1)40-27-29-41(30-28-40)57-36-35-50-52(57)34-32-49-47-23-10-13-26-54(47)60(56(49)50)45-22-14-21-44(37-45)58(42-17-6-2-7-18-42)46-31-33-55-51(38-46)48-24-11-12-25-53(48)59(55)43-19-8-3-9-20-43/h1-38H. The van der Waals surface area contributed by atoms with Gasteiger partial charge in [0, 0.05) is 67.3 Å². The average molecular weight is 767 g/mol. The van der Waals surface area contributed by atoms with E-state index < -0.39 is 0 Å². The van der Waals surface area contributed by atoms with Crippen molar-refractivity contribution in [2.24, 2.45) is 0 Å². The number of fused-ring (bicyclic) bond motifs is 8. The molecule has 0 spiro atoms. The Hall–Kier alpha value is -8.08. The van der Waals surface area contributed by atoms with Gasteiger partial charge in [0.2, 0.25) is 0 Å². The maximum absolute atomic E-state index is 2.46. The van der Waals surface area contributed by atoms with Gasteiger partial charge >= 0.3 is 0 Å². The second kappa shape index (κ2) is 13.8. The van der Waals surface area contributed by atoms with Gasteiger partial charge in [-0.3, -0.25) is 0 Å². The van der Waals surface area contributed by atoms with Crippen LogP contribution in [0.5, 0.6) is 0 Å². The molecule has 0 atom stereocenters. The first-order valence-corrected chi connectivity index (χ1v) is 20.5. The van der Waals surface area contributed by atoms with Gasteiger partial charge in [-0.25, -0.2) is 0 Å². The predicted octanol–water partition coefficient (Wildman–Crippen LogP) is 15.0. The van der Waals surface area contributed by atoms with Gasteiger partial charge in [0.1, 0.15) is 0 Å². The van der Waals surface area contributed by atoms with E-state index in [-0.39, 0.29) is 0 Å². The van der Waals surface area contributed by atoms with Crippen LogP contribution in [0.2, 0.25) is 0 Å². The molecule has 282 valence electrons.